The average molecular weight is 601 g/mol. The Morgan fingerprint density at radius 2 is 0.900 bits per heavy atom. The summed E-state index contributed by atoms with van der Waals surface area (Å²) in [5, 5.41) is -0.618. The molecule has 17 heteroatoms. The molecule has 3 nitrogen and oxygen atoms in total. The molecule has 0 bridgehead atoms. The molecule has 0 spiro atoms. The number of nitrogens with zero attached hydrogens (tertiary/aromatic N) is 3. The number of hydrogen-bond acceptors (Lipinski definition) is 3. The van der Waals surface area contributed by atoms with E-state index >= 15 is 0 Å². The Bertz CT molecular complexity index is 1370. The fourth-order valence-corrected chi connectivity index (χ4v) is 3.56. The maximum atomic E-state index is 14.8. The van der Waals surface area contributed by atoms with E-state index in [0.717, 1.165) is 12.1 Å². The fraction of sp³-hybridized carbons (Fsp3) is 0.435. The molecule has 0 N–H and O–H groups in total. The van der Waals surface area contributed by atoms with Gasteiger partial charge in [-0.1, -0.05) is 12.1 Å². The van der Waals surface area contributed by atoms with Crippen LogP contribution < -0.4 is 0 Å². The minimum absolute atomic E-state index is 0.217. The third-order valence-electron chi connectivity index (χ3n) is 5.78. The topological polar surface area (TPSA) is 37.1 Å². The molecule has 0 saturated heterocycles. The maximum Gasteiger partial charge on any atom is 0.460 e. The number of aliphatic imine (C=N–C) groups is 3. The molecule has 0 heterocycles. The van der Waals surface area contributed by atoms with Gasteiger partial charge in [-0.05, 0) is 41.5 Å². The predicted octanol–water partition coefficient (Wildman–Crippen LogP) is 7.78. The molecule has 0 aliphatic heterocycles. The highest BCUT2D eigenvalue weighted by Gasteiger charge is 2.76. The van der Waals surface area contributed by atoms with Gasteiger partial charge in [0.15, 0.2) is 0 Å². The SMILES string of the molecule is C/N=C(/c1cc2ccc(/C(C)=N/C)cc2cc1/C(=N/C)C(F)(F)C(F)(F)C(F)(F)F)C(F)(F)C(F)(F)C(F)(F)F. The van der Waals surface area contributed by atoms with E-state index in [-0.39, 0.29) is 36.1 Å². The van der Waals surface area contributed by atoms with E-state index in [2.05, 4.69) is 15.0 Å². The van der Waals surface area contributed by atoms with Crippen LogP contribution in [0.1, 0.15) is 23.6 Å². The molecule has 2 rings (SSSR count). The molecule has 0 aliphatic rings. The quantitative estimate of drug-likeness (QED) is 0.230. The Balaban J connectivity index is 3.11. The van der Waals surface area contributed by atoms with Gasteiger partial charge in [-0.3, -0.25) is 15.0 Å². The number of halogens is 14. The van der Waals surface area contributed by atoms with Crippen LogP contribution in [0.3, 0.4) is 0 Å². The van der Waals surface area contributed by atoms with Crippen molar-refractivity contribution in [3.05, 3.63) is 47.0 Å². The van der Waals surface area contributed by atoms with Gasteiger partial charge in [0.2, 0.25) is 0 Å². The molecule has 40 heavy (non-hydrogen) atoms. The molecule has 0 saturated carbocycles. The van der Waals surface area contributed by atoms with Gasteiger partial charge in [-0.2, -0.15) is 61.5 Å². The summed E-state index contributed by atoms with van der Waals surface area (Å²) in [6, 6.07) is 4.06. The lowest BCUT2D eigenvalue weighted by Gasteiger charge is -2.32. The summed E-state index contributed by atoms with van der Waals surface area (Å²) in [5.74, 6) is -26.4. The van der Waals surface area contributed by atoms with Crippen molar-refractivity contribution in [2.45, 2.75) is 43.0 Å². The molecule has 0 amide bonds. The van der Waals surface area contributed by atoms with Gasteiger partial charge < -0.3 is 0 Å². The first-order chi connectivity index (χ1) is 17.9. The first-order valence-electron chi connectivity index (χ1n) is 10.6. The predicted molar refractivity (Wildman–Crippen MR) is 119 cm³/mol. The number of alkyl halides is 14. The zero-order valence-corrected chi connectivity index (χ0v) is 20.5. The largest absolute Gasteiger partial charge is 0.460 e. The highest BCUT2D eigenvalue weighted by atomic mass is 19.4. The van der Waals surface area contributed by atoms with E-state index in [0.29, 0.717) is 12.1 Å². The van der Waals surface area contributed by atoms with Crippen LogP contribution in [-0.2, 0) is 0 Å². The molecular weight excluding hydrogens is 584 g/mol. The third kappa shape index (κ3) is 5.13. The molecule has 0 aromatic heterocycles. The summed E-state index contributed by atoms with van der Waals surface area (Å²) < 4.78 is 192. The van der Waals surface area contributed by atoms with Gasteiger partial charge in [-0.25, -0.2) is 0 Å². The average Bonchev–Trinajstić information content (AvgIpc) is 2.82. The lowest BCUT2D eigenvalue weighted by atomic mass is 9.87. The molecule has 0 atom stereocenters. The van der Waals surface area contributed by atoms with E-state index < -0.39 is 58.6 Å². The van der Waals surface area contributed by atoms with Crippen LogP contribution in [0.2, 0.25) is 0 Å². The Labute approximate surface area is 216 Å². The lowest BCUT2D eigenvalue weighted by molar-refractivity contribution is -0.336. The normalized spacial score (nSPS) is 15.7. The van der Waals surface area contributed by atoms with Gasteiger partial charge in [0.25, 0.3) is 0 Å². The Kier molecular flexibility index (Phi) is 8.47. The summed E-state index contributed by atoms with van der Waals surface area (Å²) in [7, 11) is 1.85. The summed E-state index contributed by atoms with van der Waals surface area (Å²) in [4.78, 5) is 9.24. The third-order valence-corrected chi connectivity index (χ3v) is 5.78. The zero-order chi connectivity index (χ0) is 31.3. The molecule has 2 aromatic carbocycles. The molecule has 2 aromatic rings. The van der Waals surface area contributed by atoms with Gasteiger partial charge >= 0.3 is 36.0 Å². The van der Waals surface area contributed by atoms with E-state index in [1.807, 2.05) is 0 Å². The molecule has 222 valence electrons. The van der Waals surface area contributed by atoms with Crippen molar-refractivity contribution in [2.24, 2.45) is 15.0 Å². The zero-order valence-electron chi connectivity index (χ0n) is 20.5. The van der Waals surface area contributed by atoms with E-state index in [1.165, 1.54) is 20.0 Å². The van der Waals surface area contributed by atoms with Crippen molar-refractivity contribution >= 4 is 27.9 Å². The minimum Gasteiger partial charge on any atom is -0.293 e. The second-order valence-electron chi connectivity index (χ2n) is 8.21. The fourth-order valence-electron chi connectivity index (χ4n) is 3.56. The van der Waals surface area contributed by atoms with Crippen molar-refractivity contribution < 1.29 is 61.5 Å². The number of hydrogen-bond donors (Lipinski definition) is 0. The minimum atomic E-state index is -6.93. The first-order valence-corrected chi connectivity index (χ1v) is 10.6. The monoisotopic (exact) mass is 601 g/mol. The Morgan fingerprint density at radius 3 is 1.23 bits per heavy atom. The Hall–Kier alpha value is -3.27. The summed E-state index contributed by atoms with van der Waals surface area (Å²) >= 11 is 0. The van der Waals surface area contributed by atoms with Crippen molar-refractivity contribution in [3.63, 3.8) is 0 Å². The second-order valence-corrected chi connectivity index (χ2v) is 8.21. The summed E-state index contributed by atoms with van der Waals surface area (Å²) in [6.45, 7) is 1.44. The molecule has 0 unspecified atom stereocenters. The first kappa shape index (κ1) is 32.9. The number of fused-ring (bicyclic) bond motifs is 1. The Morgan fingerprint density at radius 1 is 0.525 bits per heavy atom. The number of rotatable bonds is 7. The summed E-state index contributed by atoms with van der Waals surface area (Å²) in [5.41, 5.74) is -8.03. The molecule has 0 fully saturated rings. The van der Waals surface area contributed by atoms with Crippen LogP contribution in [0.4, 0.5) is 61.5 Å². The smallest absolute Gasteiger partial charge is 0.293 e. The van der Waals surface area contributed by atoms with Crippen molar-refractivity contribution in [1.29, 1.82) is 0 Å². The highest BCUT2D eigenvalue weighted by Crippen LogP contribution is 2.51. The standard InChI is InChI=1S/C23H17F14N3/c1-10(38-2)11-5-6-12-8-14(16(39-3)18(24,25)20(28,29)22(32,33)34)15(9-13(12)7-11)17(40-4)19(26,27)21(30,31)23(35,36)37/h5-9H,1-4H3/b38-10+,39-16-,40-17-. The maximum absolute atomic E-state index is 14.8. The van der Waals surface area contributed by atoms with Crippen molar-refractivity contribution in [2.75, 3.05) is 21.1 Å². The van der Waals surface area contributed by atoms with Gasteiger partial charge in [-0.15, -0.1) is 0 Å². The van der Waals surface area contributed by atoms with Crippen LogP contribution >= 0.6 is 0 Å². The second kappa shape index (κ2) is 10.3. The molecular formula is C23H17F14N3. The van der Waals surface area contributed by atoms with Crippen LogP contribution in [0.25, 0.3) is 10.8 Å². The molecule has 0 radical (unpaired) electrons. The van der Waals surface area contributed by atoms with E-state index in [9.17, 15) is 61.5 Å². The van der Waals surface area contributed by atoms with Crippen molar-refractivity contribution in [3.8, 4) is 0 Å². The van der Waals surface area contributed by atoms with Gasteiger partial charge in [0.1, 0.15) is 11.4 Å². The van der Waals surface area contributed by atoms with E-state index in [1.54, 1.807) is 0 Å². The van der Waals surface area contributed by atoms with Crippen LogP contribution in [-0.4, -0.2) is 74.3 Å². The number of benzene rings is 2. The van der Waals surface area contributed by atoms with Crippen LogP contribution in [0, 0.1) is 0 Å². The van der Waals surface area contributed by atoms with Gasteiger partial charge in [0, 0.05) is 38.0 Å². The molecule has 0 aliphatic carbocycles. The van der Waals surface area contributed by atoms with Crippen LogP contribution in [0.15, 0.2) is 45.3 Å². The highest BCUT2D eigenvalue weighted by molar-refractivity contribution is 6.20. The van der Waals surface area contributed by atoms with Crippen molar-refractivity contribution in [1.82, 2.24) is 0 Å². The van der Waals surface area contributed by atoms with Gasteiger partial charge in [0.05, 0.1) is 0 Å². The lowest BCUT2D eigenvalue weighted by Crippen LogP contribution is -2.58. The van der Waals surface area contributed by atoms with Crippen LogP contribution in [0.5, 0.6) is 0 Å². The summed E-state index contributed by atoms with van der Waals surface area (Å²) in [6.07, 6.45) is -13.9. The van der Waals surface area contributed by atoms with E-state index in [4.69, 9.17) is 0 Å².